The number of hydrogen-bond acceptors (Lipinski definition) is 6. The Morgan fingerprint density at radius 3 is 3.23 bits per heavy atom. The minimum Gasteiger partial charge on any atom is -0.410 e. The molecule has 1 amide bonds. The topological polar surface area (TPSA) is 68.0 Å². The van der Waals surface area contributed by atoms with Gasteiger partial charge < -0.3 is 9.73 Å². The number of carbonyl (C=O) groups excluding carboxylic acids is 1. The summed E-state index contributed by atoms with van der Waals surface area (Å²) in [5.41, 5.74) is 1.44. The Balaban J connectivity index is 1.63. The number of fused-ring (bicyclic) bond motifs is 1. The van der Waals surface area contributed by atoms with Crippen LogP contribution in [0.15, 0.2) is 15.7 Å². The van der Waals surface area contributed by atoms with E-state index in [0.717, 1.165) is 29.4 Å². The Hall–Kier alpha value is -1.34. The molecule has 2 aromatic rings. The first-order valence-electron chi connectivity index (χ1n) is 7.44. The zero-order valence-corrected chi connectivity index (χ0v) is 14.4. The zero-order valence-electron chi connectivity index (χ0n) is 12.7. The average molecular weight is 337 g/mol. The molecule has 2 aromatic heterocycles. The quantitative estimate of drug-likeness (QED) is 0.670. The lowest BCUT2D eigenvalue weighted by molar-refractivity contribution is -0.118. The lowest BCUT2D eigenvalue weighted by Crippen LogP contribution is -2.22. The number of carbonyl (C=O) groups is 1. The van der Waals surface area contributed by atoms with Gasteiger partial charge in [-0.15, -0.1) is 21.5 Å². The maximum absolute atomic E-state index is 10.8. The highest BCUT2D eigenvalue weighted by Crippen LogP contribution is 2.37. The van der Waals surface area contributed by atoms with Gasteiger partial charge in [-0.25, -0.2) is 0 Å². The summed E-state index contributed by atoms with van der Waals surface area (Å²) in [4.78, 5) is 13.3. The first kappa shape index (κ1) is 15.6. The van der Waals surface area contributed by atoms with E-state index in [2.05, 4.69) is 28.5 Å². The largest absolute Gasteiger partial charge is 0.410 e. The van der Waals surface area contributed by atoms with Crippen molar-refractivity contribution >= 4 is 29.0 Å². The monoisotopic (exact) mass is 337 g/mol. The van der Waals surface area contributed by atoms with Crippen LogP contribution < -0.4 is 5.32 Å². The molecule has 0 bridgehead atoms. The highest BCUT2D eigenvalue weighted by atomic mass is 32.2. The Labute approximate surface area is 137 Å². The number of thioether (sulfide) groups is 1. The van der Waals surface area contributed by atoms with Crippen LogP contribution in [-0.4, -0.2) is 28.4 Å². The molecule has 5 nitrogen and oxygen atoms in total. The third-order valence-corrected chi connectivity index (χ3v) is 5.69. The number of nitrogens with one attached hydrogen (secondary N) is 1. The molecule has 118 valence electrons. The van der Waals surface area contributed by atoms with Crippen LogP contribution in [0.4, 0.5) is 0 Å². The summed E-state index contributed by atoms with van der Waals surface area (Å²) in [5, 5.41) is 11.5. The van der Waals surface area contributed by atoms with Gasteiger partial charge in [0.05, 0.1) is 4.88 Å². The lowest BCUT2D eigenvalue weighted by atomic mass is 9.90. The molecular weight excluding hydrogens is 318 g/mol. The van der Waals surface area contributed by atoms with Crippen LogP contribution in [0.3, 0.4) is 0 Å². The molecule has 0 aromatic carbocycles. The summed E-state index contributed by atoms with van der Waals surface area (Å²) in [6.07, 6.45) is 3.58. The summed E-state index contributed by atoms with van der Waals surface area (Å²) < 4.78 is 5.72. The van der Waals surface area contributed by atoms with E-state index >= 15 is 0 Å². The number of aryl methyl sites for hydroxylation is 1. The van der Waals surface area contributed by atoms with Gasteiger partial charge >= 0.3 is 0 Å². The minimum atomic E-state index is -0.0230. The van der Waals surface area contributed by atoms with Gasteiger partial charge in [-0.1, -0.05) is 18.7 Å². The fraction of sp³-hybridized carbons (Fsp3) is 0.533. The normalized spacial score (nSPS) is 17.3. The van der Waals surface area contributed by atoms with Gasteiger partial charge in [-0.05, 0) is 36.8 Å². The van der Waals surface area contributed by atoms with Gasteiger partial charge in [-0.2, -0.15) is 0 Å². The third-order valence-electron chi connectivity index (χ3n) is 3.65. The molecule has 0 radical (unpaired) electrons. The summed E-state index contributed by atoms with van der Waals surface area (Å²) >= 11 is 3.24. The van der Waals surface area contributed by atoms with Crippen molar-refractivity contribution in [3.63, 3.8) is 0 Å². The smallest absolute Gasteiger partial charge is 0.276 e. The summed E-state index contributed by atoms with van der Waals surface area (Å²) in [6, 6.07) is 2.20. The molecule has 0 unspecified atom stereocenters. The van der Waals surface area contributed by atoms with Crippen LogP contribution in [0.25, 0.3) is 10.8 Å². The van der Waals surface area contributed by atoms with E-state index in [0.29, 0.717) is 17.7 Å². The van der Waals surface area contributed by atoms with Gasteiger partial charge in [0.15, 0.2) is 0 Å². The molecule has 0 saturated carbocycles. The number of aromatic nitrogens is 2. The number of hydrogen-bond donors (Lipinski definition) is 1. The highest BCUT2D eigenvalue weighted by Gasteiger charge is 2.20. The van der Waals surface area contributed by atoms with Crippen LogP contribution in [0, 0.1) is 5.92 Å². The number of amides is 1. The molecule has 0 fully saturated rings. The number of thiophene rings is 1. The second-order valence-electron chi connectivity index (χ2n) is 5.61. The molecule has 0 spiro atoms. The molecule has 2 heterocycles. The molecular formula is C15H19N3O2S2. The van der Waals surface area contributed by atoms with Crippen LogP contribution in [0.1, 0.15) is 30.7 Å². The van der Waals surface area contributed by atoms with E-state index in [1.807, 2.05) is 0 Å². The highest BCUT2D eigenvalue weighted by molar-refractivity contribution is 7.99. The van der Waals surface area contributed by atoms with Crippen LogP contribution in [0.5, 0.6) is 0 Å². The molecule has 22 heavy (non-hydrogen) atoms. The van der Waals surface area contributed by atoms with E-state index in [1.165, 1.54) is 35.5 Å². The van der Waals surface area contributed by atoms with Gasteiger partial charge in [-0.3, -0.25) is 4.79 Å². The minimum absolute atomic E-state index is 0.0230. The van der Waals surface area contributed by atoms with Crippen molar-refractivity contribution in [2.75, 3.05) is 12.3 Å². The van der Waals surface area contributed by atoms with Crippen LogP contribution >= 0.6 is 23.1 Å². The predicted octanol–water partition coefficient (Wildman–Crippen LogP) is 3.15. The molecule has 1 N–H and O–H groups in total. The van der Waals surface area contributed by atoms with E-state index < -0.39 is 0 Å². The Kier molecular flexibility index (Phi) is 4.83. The maximum atomic E-state index is 10.8. The Morgan fingerprint density at radius 1 is 1.55 bits per heavy atom. The van der Waals surface area contributed by atoms with Crippen LogP contribution in [0.2, 0.25) is 0 Å². The maximum Gasteiger partial charge on any atom is 0.276 e. The second-order valence-corrected chi connectivity index (χ2v) is 7.79. The van der Waals surface area contributed by atoms with Gasteiger partial charge in [0.25, 0.3) is 11.1 Å². The van der Waals surface area contributed by atoms with Gasteiger partial charge in [0.2, 0.25) is 5.91 Å². The first-order chi connectivity index (χ1) is 10.6. The van der Waals surface area contributed by atoms with E-state index in [1.54, 1.807) is 11.3 Å². The Morgan fingerprint density at radius 2 is 2.41 bits per heavy atom. The van der Waals surface area contributed by atoms with Crippen molar-refractivity contribution in [1.29, 1.82) is 0 Å². The zero-order chi connectivity index (χ0) is 15.5. The molecule has 1 aliphatic carbocycles. The van der Waals surface area contributed by atoms with Crippen LogP contribution in [-0.2, 0) is 17.6 Å². The molecule has 1 atom stereocenters. The first-order valence-corrected chi connectivity index (χ1v) is 9.24. The van der Waals surface area contributed by atoms with E-state index in [9.17, 15) is 4.79 Å². The van der Waals surface area contributed by atoms with Crippen molar-refractivity contribution < 1.29 is 9.21 Å². The molecule has 0 aliphatic heterocycles. The van der Waals surface area contributed by atoms with Crippen molar-refractivity contribution in [2.45, 2.75) is 38.3 Å². The van der Waals surface area contributed by atoms with Gasteiger partial charge in [0, 0.05) is 24.1 Å². The standard InChI is InChI=1S/C15H19N3O2S2/c1-9-3-4-12-11(7-9)8-13(22-12)14-17-18-15(20-14)21-6-5-16-10(2)19/h8-9H,3-7H2,1-2H3,(H,16,19)/t9-/m0/s1. The molecule has 0 saturated heterocycles. The van der Waals surface area contributed by atoms with Crippen molar-refractivity contribution in [1.82, 2.24) is 15.5 Å². The number of rotatable bonds is 5. The van der Waals surface area contributed by atoms with E-state index in [4.69, 9.17) is 4.42 Å². The fourth-order valence-corrected chi connectivity index (χ4v) is 4.29. The summed E-state index contributed by atoms with van der Waals surface area (Å²) in [6.45, 7) is 4.41. The van der Waals surface area contributed by atoms with Crippen molar-refractivity contribution in [3.8, 4) is 10.8 Å². The number of nitrogens with zero attached hydrogens (tertiary/aromatic N) is 2. The summed E-state index contributed by atoms with van der Waals surface area (Å²) in [5.74, 6) is 2.07. The molecule has 7 heteroatoms. The molecule has 1 aliphatic rings. The SMILES string of the molecule is CC(=O)NCCSc1nnc(-c2cc3c(s2)CC[C@H](C)C3)o1. The predicted molar refractivity (Wildman–Crippen MR) is 88.2 cm³/mol. The second kappa shape index (κ2) is 6.83. The Bertz CT molecular complexity index is 666. The van der Waals surface area contributed by atoms with E-state index in [-0.39, 0.29) is 5.91 Å². The van der Waals surface area contributed by atoms with Gasteiger partial charge in [0.1, 0.15) is 0 Å². The van der Waals surface area contributed by atoms with Crippen molar-refractivity contribution in [2.24, 2.45) is 5.92 Å². The molecule has 3 rings (SSSR count). The summed E-state index contributed by atoms with van der Waals surface area (Å²) in [7, 11) is 0. The third kappa shape index (κ3) is 3.70. The van der Waals surface area contributed by atoms with Crippen molar-refractivity contribution in [3.05, 3.63) is 16.5 Å². The fourth-order valence-electron chi connectivity index (χ4n) is 2.54. The average Bonchev–Trinajstić information content (AvgIpc) is 3.09. The lowest BCUT2D eigenvalue weighted by Gasteiger charge is -2.16.